The van der Waals surface area contributed by atoms with Gasteiger partial charge in [-0.05, 0) is 38.3 Å². The molecule has 144 valence electrons. The van der Waals surface area contributed by atoms with Crippen LogP contribution in [0.25, 0.3) is 0 Å². The van der Waals surface area contributed by atoms with E-state index in [-0.39, 0.29) is 17.6 Å². The number of carbonyl (C=O) groups excluding carboxylic acids is 1. The highest BCUT2D eigenvalue weighted by atomic mass is 19.1. The normalized spacial score (nSPS) is 14.0. The summed E-state index contributed by atoms with van der Waals surface area (Å²) in [5.41, 5.74) is 0.605. The first-order valence-electron chi connectivity index (χ1n) is 9.37. The van der Waals surface area contributed by atoms with E-state index in [0.717, 1.165) is 38.3 Å². The zero-order valence-corrected chi connectivity index (χ0v) is 15.7. The smallest absolute Gasteiger partial charge is 0.223 e. The zero-order valence-electron chi connectivity index (χ0n) is 15.7. The summed E-state index contributed by atoms with van der Waals surface area (Å²) in [5.74, 6) is 0.928. The largest absolute Gasteiger partial charge is 0.372 e. The van der Waals surface area contributed by atoms with Gasteiger partial charge in [-0.1, -0.05) is 12.1 Å². The van der Waals surface area contributed by atoms with Crippen LogP contribution in [0.2, 0.25) is 0 Å². The predicted octanol–water partition coefficient (Wildman–Crippen LogP) is 1.73. The summed E-state index contributed by atoms with van der Waals surface area (Å²) in [6, 6.07) is 6.78. The van der Waals surface area contributed by atoms with Crippen LogP contribution in [-0.2, 0) is 4.79 Å². The Morgan fingerprint density at radius 3 is 2.65 bits per heavy atom. The molecule has 6 nitrogen and oxygen atoms in total. The van der Waals surface area contributed by atoms with E-state index >= 15 is 0 Å². The molecule has 1 aromatic carbocycles. The first kappa shape index (κ1) is 20.0. The summed E-state index contributed by atoms with van der Waals surface area (Å²) in [6.07, 6.45) is 2.86. The van der Waals surface area contributed by atoms with Gasteiger partial charge in [-0.25, -0.2) is 4.39 Å². The molecule has 0 unspecified atom stereocenters. The van der Waals surface area contributed by atoms with Crippen molar-refractivity contribution in [2.24, 2.45) is 10.9 Å². The quantitative estimate of drug-likeness (QED) is 0.336. The van der Waals surface area contributed by atoms with E-state index in [9.17, 15) is 9.18 Å². The molecule has 0 bridgehead atoms. The Morgan fingerprint density at radius 2 is 1.96 bits per heavy atom. The fourth-order valence-electron chi connectivity index (χ4n) is 2.58. The van der Waals surface area contributed by atoms with E-state index in [1.807, 2.05) is 24.9 Å². The van der Waals surface area contributed by atoms with Gasteiger partial charge in [0.1, 0.15) is 5.82 Å². The van der Waals surface area contributed by atoms with Gasteiger partial charge in [-0.15, -0.1) is 0 Å². The Morgan fingerprint density at radius 1 is 1.23 bits per heavy atom. The molecule has 0 saturated heterocycles. The Kier molecular flexibility index (Phi) is 8.18. The van der Waals surface area contributed by atoms with Crippen molar-refractivity contribution in [1.82, 2.24) is 16.0 Å². The SMILES string of the molecule is CCNC(=NCCCN(C)c1ccccc1F)NCCNC(=O)C1CC1. The van der Waals surface area contributed by atoms with Crippen molar-refractivity contribution >= 4 is 17.6 Å². The number of aliphatic imine (C=N–C) groups is 1. The lowest BCUT2D eigenvalue weighted by molar-refractivity contribution is -0.122. The van der Waals surface area contributed by atoms with E-state index in [2.05, 4.69) is 20.9 Å². The minimum atomic E-state index is -0.207. The Labute approximate surface area is 155 Å². The highest BCUT2D eigenvalue weighted by molar-refractivity contribution is 5.81. The van der Waals surface area contributed by atoms with Crippen molar-refractivity contribution in [2.75, 3.05) is 44.7 Å². The first-order valence-corrected chi connectivity index (χ1v) is 9.37. The van der Waals surface area contributed by atoms with Crippen LogP contribution in [0, 0.1) is 11.7 Å². The number of anilines is 1. The fraction of sp³-hybridized carbons (Fsp3) is 0.579. The number of rotatable bonds is 10. The number of amides is 1. The number of halogens is 1. The second kappa shape index (κ2) is 10.6. The van der Waals surface area contributed by atoms with Crippen LogP contribution >= 0.6 is 0 Å². The molecule has 1 aliphatic carbocycles. The van der Waals surface area contributed by atoms with E-state index < -0.39 is 0 Å². The van der Waals surface area contributed by atoms with Crippen molar-refractivity contribution in [3.05, 3.63) is 30.1 Å². The number of nitrogens with zero attached hydrogens (tertiary/aromatic N) is 2. The third-order valence-corrected chi connectivity index (χ3v) is 4.19. The summed E-state index contributed by atoms with van der Waals surface area (Å²) in [6.45, 7) is 5.38. The number of carbonyl (C=O) groups is 1. The summed E-state index contributed by atoms with van der Waals surface area (Å²) < 4.78 is 13.7. The van der Waals surface area contributed by atoms with Crippen molar-refractivity contribution in [1.29, 1.82) is 0 Å². The molecule has 1 amide bonds. The van der Waals surface area contributed by atoms with Crippen molar-refractivity contribution < 1.29 is 9.18 Å². The molecule has 0 atom stereocenters. The monoisotopic (exact) mass is 363 g/mol. The van der Waals surface area contributed by atoms with Crippen LogP contribution < -0.4 is 20.9 Å². The van der Waals surface area contributed by atoms with Gasteiger partial charge in [0.2, 0.25) is 5.91 Å². The Balaban J connectivity index is 1.67. The third-order valence-electron chi connectivity index (χ3n) is 4.19. The standard InChI is InChI=1S/C19H30FN5O/c1-3-21-19(24-13-12-22-18(26)15-9-10-15)23-11-6-14-25(2)17-8-5-4-7-16(17)20/h4-5,7-8,15H,3,6,9-14H2,1-2H3,(H,22,26)(H2,21,23,24). The molecule has 1 aromatic rings. The molecule has 0 radical (unpaired) electrons. The van der Waals surface area contributed by atoms with E-state index in [1.165, 1.54) is 6.07 Å². The van der Waals surface area contributed by atoms with Gasteiger partial charge in [0, 0.05) is 45.7 Å². The van der Waals surface area contributed by atoms with Crippen LogP contribution in [0.4, 0.5) is 10.1 Å². The van der Waals surface area contributed by atoms with E-state index in [0.29, 0.717) is 25.3 Å². The molecule has 0 aliphatic heterocycles. The lowest BCUT2D eigenvalue weighted by Gasteiger charge is -2.19. The number of nitrogens with one attached hydrogen (secondary N) is 3. The maximum absolute atomic E-state index is 13.7. The molecule has 26 heavy (non-hydrogen) atoms. The Hall–Kier alpha value is -2.31. The maximum Gasteiger partial charge on any atom is 0.223 e. The molecule has 2 rings (SSSR count). The summed E-state index contributed by atoms with van der Waals surface area (Å²) >= 11 is 0. The molecular weight excluding hydrogens is 333 g/mol. The van der Waals surface area contributed by atoms with Crippen LogP contribution in [-0.4, -0.2) is 51.6 Å². The number of para-hydroxylation sites is 1. The zero-order chi connectivity index (χ0) is 18.8. The molecule has 0 aromatic heterocycles. The topological polar surface area (TPSA) is 68.8 Å². The highest BCUT2D eigenvalue weighted by Crippen LogP contribution is 2.28. The lowest BCUT2D eigenvalue weighted by Crippen LogP contribution is -2.41. The summed E-state index contributed by atoms with van der Waals surface area (Å²) in [7, 11) is 1.88. The van der Waals surface area contributed by atoms with Gasteiger partial charge in [0.25, 0.3) is 0 Å². The molecule has 7 heteroatoms. The molecular formula is C19H30FN5O. The van der Waals surface area contributed by atoms with Gasteiger partial charge in [-0.3, -0.25) is 9.79 Å². The summed E-state index contributed by atoms with van der Waals surface area (Å²) in [4.78, 5) is 18.0. The van der Waals surface area contributed by atoms with Gasteiger partial charge >= 0.3 is 0 Å². The van der Waals surface area contributed by atoms with Crippen LogP contribution in [0.5, 0.6) is 0 Å². The van der Waals surface area contributed by atoms with Gasteiger partial charge in [0.05, 0.1) is 5.69 Å². The molecule has 3 N–H and O–H groups in total. The minimum absolute atomic E-state index is 0.157. The highest BCUT2D eigenvalue weighted by Gasteiger charge is 2.28. The average Bonchev–Trinajstić information content (AvgIpc) is 3.47. The molecule has 1 saturated carbocycles. The van der Waals surface area contributed by atoms with Crippen LogP contribution in [0.15, 0.2) is 29.3 Å². The van der Waals surface area contributed by atoms with Crippen molar-refractivity contribution in [2.45, 2.75) is 26.2 Å². The maximum atomic E-state index is 13.7. The molecule has 1 aliphatic rings. The van der Waals surface area contributed by atoms with Gasteiger partial charge in [0.15, 0.2) is 5.96 Å². The third kappa shape index (κ3) is 6.90. The van der Waals surface area contributed by atoms with Crippen molar-refractivity contribution in [3.63, 3.8) is 0 Å². The van der Waals surface area contributed by atoms with E-state index in [1.54, 1.807) is 12.1 Å². The molecule has 0 heterocycles. The number of guanidine groups is 1. The Bertz CT molecular complexity index is 603. The second-order valence-corrected chi connectivity index (χ2v) is 6.48. The van der Waals surface area contributed by atoms with Crippen molar-refractivity contribution in [3.8, 4) is 0 Å². The van der Waals surface area contributed by atoms with Crippen LogP contribution in [0.1, 0.15) is 26.2 Å². The first-order chi connectivity index (χ1) is 12.6. The predicted molar refractivity (Wildman–Crippen MR) is 104 cm³/mol. The molecule has 0 spiro atoms. The number of benzene rings is 1. The van der Waals surface area contributed by atoms with Gasteiger partial charge in [-0.2, -0.15) is 0 Å². The lowest BCUT2D eigenvalue weighted by atomic mass is 10.2. The summed E-state index contributed by atoms with van der Waals surface area (Å²) in [5, 5.41) is 9.32. The minimum Gasteiger partial charge on any atom is -0.372 e. The fourth-order valence-corrected chi connectivity index (χ4v) is 2.58. The number of hydrogen-bond acceptors (Lipinski definition) is 3. The van der Waals surface area contributed by atoms with Crippen LogP contribution in [0.3, 0.4) is 0 Å². The second-order valence-electron chi connectivity index (χ2n) is 6.48. The molecule has 1 fully saturated rings. The average molecular weight is 363 g/mol. The number of hydrogen-bond donors (Lipinski definition) is 3. The van der Waals surface area contributed by atoms with Gasteiger partial charge < -0.3 is 20.9 Å². The van der Waals surface area contributed by atoms with E-state index in [4.69, 9.17) is 0 Å².